The van der Waals surface area contributed by atoms with E-state index in [9.17, 15) is 10.2 Å². The van der Waals surface area contributed by atoms with Crippen molar-refractivity contribution in [2.75, 3.05) is 43.8 Å². The zero-order chi connectivity index (χ0) is 23.2. The van der Waals surface area contributed by atoms with Gasteiger partial charge in [0.05, 0.1) is 6.33 Å². The first-order valence-corrected chi connectivity index (χ1v) is 11.1. The topological polar surface area (TPSA) is 173 Å². The quantitative estimate of drug-likeness (QED) is 0.236. The molecule has 7 N–H and O–H groups in total. The minimum absolute atomic E-state index is 0.246. The number of rotatable bonds is 11. The lowest BCUT2D eigenvalue weighted by atomic mass is 10.1. The van der Waals surface area contributed by atoms with Crippen LogP contribution in [0.25, 0.3) is 11.2 Å². The Morgan fingerprint density at radius 2 is 1.94 bits per heavy atom. The molecule has 0 bridgehead atoms. The minimum Gasteiger partial charge on any atom is -0.387 e. The summed E-state index contributed by atoms with van der Waals surface area (Å²) >= 11 is 0. The summed E-state index contributed by atoms with van der Waals surface area (Å²) in [6.45, 7) is 3.35. The van der Waals surface area contributed by atoms with Gasteiger partial charge < -0.3 is 36.6 Å². The molecule has 4 atom stereocenters. The third kappa shape index (κ3) is 5.37. The number of hydrogen-bond acceptors (Lipinski definition) is 11. The van der Waals surface area contributed by atoms with Gasteiger partial charge in [0.15, 0.2) is 17.7 Å². The molecule has 3 aromatic rings. The highest BCUT2D eigenvalue weighted by molar-refractivity contribution is 5.81. The van der Waals surface area contributed by atoms with Gasteiger partial charge in [-0.15, -0.1) is 0 Å². The van der Waals surface area contributed by atoms with Gasteiger partial charge in [-0.25, -0.2) is 19.9 Å². The number of fused-ring (bicyclic) bond motifs is 1. The summed E-state index contributed by atoms with van der Waals surface area (Å²) in [5, 5.41) is 24.7. The van der Waals surface area contributed by atoms with E-state index in [0.29, 0.717) is 24.3 Å². The third-order valence-corrected chi connectivity index (χ3v) is 5.74. The van der Waals surface area contributed by atoms with E-state index < -0.39 is 24.5 Å². The molecule has 12 heteroatoms. The number of hydrogen-bond donors (Lipinski definition) is 5. The van der Waals surface area contributed by atoms with Crippen molar-refractivity contribution < 1.29 is 14.9 Å². The van der Waals surface area contributed by atoms with Crippen LogP contribution in [-0.4, -0.2) is 90.7 Å². The fourth-order valence-corrected chi connectivity index (χ4v) is 4.02. The smallest absolute Gasteiger partial charge is 0.167 e. The molecule has 0 saturated carbocycles. The predicted molar refractivity (Wildman–Crippen MR) is 123 cm³/mol. The van der Waals surface area contributed by atoms with Gasteiger partial charge in [0.1, 0.15) is 36.0 Å². The van der Waals surface area contributed by atoms with E-state index in [2.05, 4.69) is 30.2 Å². The summed E-state index contributed by atoms with van der Waals surface area (Å²) in [7, 11) is 0. The largest absolute Gasteiger partial charge is 0.387 e. The molecule has 4 heterocycles. The Kier molecular flexibility index (Phi) is 7.62. The van der Waals surface area contributed by atoms with Crippen LogP contribution in [0.4, 0.5) is 11.6 Å². The normalized spacial score (nSPS) is 22.9. The molecule has 3 aromatic heterocycles. The number of nitrogens with zero attached hydrogens (tertiary/aromatic N) is 6. The lowest BCUT2D eigenvalue weighted by Gasteiger charge is -2.26. The van der Waals surface area contributed by atoms with Gasteiger partial charge in [-0.2, -0.15) is 0 Å². The lowest BCUT2D eigenvalue weighted by Crippen LogP contribution is -2.41. The zero-order valence-electron chi connectivity index (χ0n) is 18.4. The number of nitrogens with one attached hydrogen (secondary N) is 1. The number of aliphatic hydroxyl groups is 2. The van der Waals surface area contributed by atoms with E-state index in [0.717, 1.165) is 38.3 Å². The number of nitrogen functional groups attached to an aromatic ring is 1. The summed E-state index contributed by atoms with van der Waals surface area (Å²) in [4.78, 5) is 18.8. The van der Waals surface area contributed by atoms with Crippen LogP contribution < -0.4 is 16.8 Å². The van der Waals surface area contributed by atoms with Gasteiger partial charge in [-0.1, -0.05) is 6.07 Å². The van der Waals surface area contributed by atoms with Crippen molar-refractivity contribution in [3.8, 4) is 0 Å². The Morgan fingerprint density at radius 3 is 2.73 bits per heavy atom. The van der Waals surface area contributed by atoms with Gasteiger partial charge in [0.25, 0.3) is 0 Å². The van der Waals surface area contributed by atoms with Gasteiger partial charge in [-0.05, 0) is 44.6 Å². The minimum atomic E-state index is -1.13. The van der Waals surface area contributed by atoms with Crippen LogP contribution in [0.1, 0.15) is 19.1 Å². The first-order valence-electron chi connectivity index (χ1n) is 11.1. The van der Waals surface area contributed by atoms with Crippen molar-refractivity contribution in [3.63, 3.8) is 0 Å². The number of imidazole rings is 1. The Labute approximate surface area is 191 Å². The molecule has 0 radical (unpaired) electrons. The summed E-state index contributed by atoms with van der Waals surface area (Å²) in [6.07, 6.45) is 2.68. The Morgan fingerprint density at radius 1 is 1.09 bits per heavy atom. The second-order valence-electron chi connectivity index (χ2n) is 8.07. The van der Waals surface area contributed by atoms with Gasteiger partial charge >= 0.3 is 0 Å². The maximum absolute atomic E-state index is 10.7. The van der Waals surface area contributed by atoms with Crippen LogP contribution in [0.2, 0.25) is 0 Å². The monoisotopic (exact) mass is 457 g/mol. The molecule has 4 rings (SSSR count). The highest BCUT2D eigenvalue weighted by Crippen LogP contribution is 2.32. The fraction of sp³-hybridized carbons (Fsp3) is 0.524. The molecule has 0 aromatic carbocycles. The molecule has 178 valence electrons. The predicted octanol–water partition coefficient (Wildman–Crippen LogP) is -0.424. The van der Waals surface area contributed by atoms with Gasteiger partial charge in [0.2, 0.25) is 0 Å². The number of aromatic nitrogens is 5. The van der Waals surface area contributed by atoms with Crippen molar-refractivity contribution in [3.05, 3.63) is 37.1 Å². The molecular weight excluding hydrogens is 426 g/mol. The molecule has 12 nitrogen and oxygen atoms in total. The van der Waals surface area contributed by atoms with E-state index in [-0.39, 0.29) is 5.82 Å². The number of anilines is 2. The van der Waals surface area contributed by atoms with Crippen LogP contribution in [0.3, 0.4) is 0 Å². The summed E-state index contributed by atoms with van der Waals surface area (Å²) in [5.41, 5.74) is 12.4. The van der Waals surface area contributed by atoms with Gasteiger partial charge in [-0.3, -0.25) is 4.57 Å². The summed E-state index contributed by atoms with van der Waals surface area (Å²) in [6, 6.07) is 5.74. The second-order valence-corrected chi connectivity index (χ2v) is 8.07. The lowest BCUT2D eigenvalue weighted by molar-refractivity contribution is -0.0441. The molecule has 0 amide bonds. The van der Waals surface area contributed by atoms with Crippen LogP contribution in [-0.2, 0) is 4.74 Å². The molecule has 1 fully saturated rings. The van der Waals surface area contributed by atoms with Crippen LogP contribution in [0, 0.1) is 0 Å². The number of pyridine rings is 1. The Hall–Kier alpha value is -2.90. The van der Waals surface area contributed by atoms with E-state index in [1.54, 1.807) is 10.8 Å². The average Bonchev–Trinajstić information content (AvgIpc) is 3.38. The average molecular weight is 458 g/mol. The van der Waals surface area contributed by atoms with Crippen LogP contribution >= 0.6 is 0 Å². The fourth-order valence-electron chi connectivity index (χ4n) is 4.02. The van der Waals surface area contributed by atoms with Crippen LogP contribution in [0.5, 0.6) is 0 Å². The number of aliphatic hydroxyl groups excluding tert-OH is 2. The van der Waals surface area contributed by atoms with E-state index >= 15 is 0 Å². The maximum atomic E-state index is 10.7. The molecule has 33 heavy (non-hydrogen) atoms. The van der Waals surface area contributed by atoms with E-state index in [1.807, 2.05) is 18.2 Å². The van der Waals surface area contributed by atoms with Crippen molar-refractivity contribution in [2.45, 2.75) is 37.4 Å². The van der Waals surface area contributed by atoms with Crippen molar-refractivity contribution in [1.82, 2.24) is 29.4 Å². The summed E-state index contributed by atoms with van der Waals surface area (Å²) in [5.74, 6) is 1.08. The SMILES string of the molecule is NCCCN(CCCNc1ccccn1)C[C@@H]1O[C@H](n2cnc3c(N)ncnc32)[C@@H](O)[C@H]1O. The maximum Gasteiger partial charge on any atom is 0.167 e. The second kappa shape index (κ2) is 10.8. The molecular formula is C21H31N9O3. The third-order valence-electron chi connectivity index (χ3n) is 5.74. The van der Waals surface area contributed by atoms with Gasteiger partial charge in [0, 0.05) is 19.3 Å². The molecule has 0 aliphatic carbocycles. The van der Waals surface area contributed by atoms with E-state index in [1.165, 1.54) is 12.7 Å². The molecule has 0 spiro atoms. The first-order chi connectivity index (χ1) is 16.1. The highest BCUT2D eigenvalue weighted by Gasteiger charge is 2.44. The molecule has 1 aliphatic heterocycles. The Balaban J connectivity index is 1.37. The zero-order valence-corrected chi connectivity index (χ0v) is 18.4. The van der Waals surface area contributed by atoms with Crippen molar-refractivity contribution in [1.29, 1.82) is 0 Å². The number of nitrogens with two attached hydrogens (primary N) is 2. The standard InChI is InChI=1S/C21H31N9O3/c22-6-3-9-29(10-4-8-25-15-5-1-2-7-24-15)11-14-17(31)18(32)21(33-14)30-13-28-16-19(23)26-12-27-20(16)30/h1-2,5,7,12-14,17-18,21,31-32H,3-4,6,8-11,22H2,(H,24,25)(H2,23,26,27)/t14-,17-,18-,21-/m0/s1. The number of ether oxygens (including phenoxy) is 1. The van der Waals surface area contributed by atoms with Crippen LogP contribution in [0.15, 0.2) is 37.1 Å². The Bertz CT molecular complexity index is 1020. The molecule has 1 aliphatic rings. The van der Waals surface area contributed by atoms with Crippen molar-refractivity contribution in [2.24, 2.45) is 5.73 Å². The first kappa shape index (κ1) is 23.3. The summed E-state index contributed by atoms with van der Waals surface area (Å²) < 4.78 is 7.67. The highest BCUT2D eigenvalue weighted by atomic mass is 16.6. The molecule has 1 saturated heterocycles. The van der Waals surface area contributed by atoms with Crippen molar-refractivity contribution >= 4 is 22.8 Å². The molecule has 0 unspecified atom stereocenters. The van der Waals surface area contributed by atoms with E-state index in [4.69, 9.17) is 16.2 Å².